The SMILES string of the molecule is O=C(COc1ccc(Cl)c(Cl)c1)NC12CC(C(=O)Nc3cccnc3)(C1)C2. The highest BCUT2D eigenvalue weighted by atomic mass is 35.5. The van der Waals surface area contributed by atoms with E-state index in [0.717, 1.165) is 0 Å². The average molecular weight is 406 g/mol. The van der Waals surface area contributed by atoms with Crippen molar-refractivity contribution in [1.82, 2.24) is 10.3 Å². The Morgan fingerprint density at radius 1 is 1.15 bits per heavy atom. The monoisotopic (exact) mass is 405 g/mol. The van der Waals surface area contributed by atoms with E-state index >= 15 is 0 Å². The summed E-state index contributed by atoms with van der Waals surface area (Å²) in [5.74, 6) is 0.241. The van der Waals surface area contributed by atoms with Crippen LogP contribution in [0.1, 0.15) is 19.3 Å². The van der Waals surface area contributed by atoms with Gasteiger partial charge in [0.2, 0.25) is 5.91 Å². The largest absolute Gasteiger partial charge is 0.484 e. The Kier molecular flexibility index (Phi) is 4.48. The minimum absolute atomic E-state index is 0.0151. The lowest BCUT2D eigenvalue weighted by Gasteiger charge is -2.69. The first kappa shape index (κ1) is 18.1. The number of ether oxygens (including phenoxy) is 1. The molecule has 140 valence electrons. The molecule has 8 heteroatoms. The Hall–Kier alpha value is -2.31. The summed E-state index contributed by atoms with van der Waals surface area (Å²) in [6.45, 7) is -0.116. The highest BCUT2D eigenvalue weighted by Gasteiger charge is 2.72. The van der Waals surface area contributed by atoms with E-state index in [2.05, 4.69) is 15.6 Å². The molecule has 3 aliphatic rings. The second-order valence-electron chi connectivity index (χ2n) is 7.20. The van der Waals surface area contributed by atoms with Crippen molar-refractivity contribution >= 4 is 40.7 Å². The predicted molar refractivity (Wildman–Crippen MR) is 102 cm³/mol. The van der Waals surface area contributed by atoms with Crippen molar-refractivity contribution in [3.8, 4) is 5.75 Å². The number of amides is 2. The highest BCUT2D eigenvalue weighted by molar-refractivity contribution is 6.42. The van der Waals surface area contributed by atoms with Gasteiger partial charge < -0.3 is 15.4 Å². The van der Waals surface area contributed by atoms with Gasteiger partial charge in [0.25, 0.3) is 5.91 Å². The first-order valence-electron chi connectivity index (χ1n) is 8.50. The zero-order valence-corrected chi connectivity index (χ0v) is 15.8. The second-order valence-corrected chi connectivity index (χ2v) is 8.01. The van der Waals surface area contributed by atoms with Crippen LogP contribution in [-0.4, -0.2) is 28.9 Å². The van der Waals surface area contributed by atoms with E-state index in [1.807, 2.05) is 0 Å². The molecule has 6 nitrogen and oxygen atoms in total. The summed E-state index contributed by atoms with van der Waals surface area (Å²) in [7, 11) is 0. The standard InChI is InChI=1S/C19H17Cl2N3O3/c20-14-4-3-13(6-15(14)21)27-8-16(25)24-19-9-18(10-19,11-19)17(26)23-12-2-1-5-22-7-12/h1-7H,8-11H2,(H,23,26)(H,24,25). The molecule has 2 bridgehead atoms. The molecule has 2 aromatic rings. The molecule has 2 N–H and O–H groups in total. The summed E-state index contributed by atoms with van der Waals surface area (Å²) in [6.07, 6.45) is 5.20. The zero-order chi connectivity index (χ0) is 19.1. The summed E-state index contributed by atoms with van der Waals surface area (Å²) in [5, 5.41) is 6.67. The summed E-state index contributed by atoms with van der Waals surface area (Å²) in [6, 6.07) is 8.40. The molecular weight excluding hydrogens is 389 g/mol. The van der Waals surface area contributed by atoms with Crippen LogP contribution in [-0.2, 0) is 9.59 Å². The number of aromatic nitrogens is 1. The van der Waals surface area contributed by atoms with Gasteiger partial charge in [0, 0.05) is 17.8 Å². The molecule has 1 aromatic heterocycles. The smallest absolute Gasteiger partial charge is 0.258 e. The van der Waals surface area contributed by atoms with Gasteiger partial charge in [-0.2, -0.15) is 0 Å². The van der Waals surface area contributed by atoms with E-state index in [4.69, 9.17) is 27.9 Å². The Labute approximate surface area is 166 Å². The van der Waals surface area contributed by atoms with E-state index < -0.39 is 0 Å². The maximum Gasteiger partial charge on any atom is 0.258 e. The van der Waals surface area contributed by atoms with Gasteiger partial charge in [-0.25, -0.2) is 0 Å². The molecule has 27 heavy (non-hydrogen) atoms. The van der Waals surface area contributed by atoms with Crippen molar-refractivity contribution in [3.63, 3.8) is 0 Å². The number of benzene rings is 1. The zero-order valence-electron chi connectivity index (χ0n) is 14.3. The summed E-state index contributed by atoms with van der Waals surface area (Å²) >= 11 is 11.8. The summed E-state index contributed by atoms with van der Waals surface area (Å²) in [5.41, 5.74) is 0.0123. The van der Waals surface area contributed by atoms with Gasteiger partial charge in [-0.05, 0) is 43.5 Å². The molecule has 3 saturated carbocycles. The Bertz CT molecular complexity index is 885. The number of carbonyl (C=O) groups is 2. The highest BCUT2D eigenvalue weighted by Crippen LogP contribution is 2.67. The number of nitrogens with zero attached hydrogens (tertiary/aromatic N) is 1. The van der Waals surface area contributed by atoms with Gasteiger partial charge in [0.05, 0.1) is 27.3 Å². The third kappa shape index (κ3) is 3.47. The maximum atomic E-state index is 12.5. The van der Waals surface area contributed by atoms with Gasteiger partial charge in [-0.3, -0.25) is 14.6 Å². The van der Waals surface area contributed by atoms with Crippen molar-refractivity contribution in [1.29, 1.82) is 0 Å². The van der Waals surface area contributed by atoms with Crippen LogP contribution >= 0.6 is 23.2 Å². The third-order valence-electron chi connectivity index (χ3n) is 5.10. The number of pyridine rings is 1. The van der Waals surface area contributed by atoms with E-state index in [1.165, 1.54) is 0 Å². The third-order valence-corrected chi connectivity index (χ3v) is 5.84. The lowest BCUT2D eigenvalue weighted by atomic mass is 9.39. The molecule has 3 fully saturated rings. The molecule has 0 unspecified atom stereocenters. The molecular formula is C19H17Cl2N3O3. The fraction of sp³-hybridized carbons (Fsp3) is 0.316. The first-order valence-corrected chi connectivity index (χ1v) is 9.26. The lowest BCUT2D eigenvalue weighted by Crippen LogP contribution is -2.78. The molecule has 0 aliphatic heterocycles. The predicted octanol–water partition coefficient (Wildman–Crippen LogP) is 3.44. The van der Waals surface area contributed by atoms with Gasteiger partial charge in [0.15, 0.2) is 6.61 Å². The van der Waals surface area contributed by atoms with Crippen LogP contribution in [0.2, 0.25) is 10.0 Å². The number of hydrogen-bond donors (Lipinski definition) is 2. The molecule has 0 spiro atoms. The average Bonchev–Trinajstić information content (AvgIpc) is 2.58. The van der Waals surface area contributed by atoms with Crippen LogP contribution in [0.4, 0.5) is 5.69 Å². The van der Waals surface area contributed by atoms with Crippen LogP contribution in [0.25, 0.3) is 0 Å². The molecule has 5 rings (SSSR count). The van der Waals surface area contributed by atoms with Crippen molar-refractivity contribution in [2.45, 2.75) is 24.8 Å². The molecule has 1 heterocycles. The minimum atomic E-state index is -0.381. The number of rotatable bonds is 6. The topological polar surface area (TPSA) is 80.3 Å². The fourth-order valence-corrected chi connectivity index (χ4v) is 4.20. The molecule has 3 aliphatic carbocycles. The normalized spacial score (nSPS) is 25.0. The second kappa shape index (κ2) is 6.69. The van der Waals surface area contributed by atoms with E-state index in [1.54, 1.807) is 42.7 Å². The quantitative estimate of drug-likeness (QED) is 0.770. The van der Waals surface area contributed by atoms with Crippen LogP contribution in [0.3, 0.4) is 0 Å². The minimum Gasteiger partial charge on any atom is -0.484 e. The fourth-order valence-electron chi connectivity index (χ4n) is 3.91. The van der Waals surface area contributed by atoms with Crippen molar-refractivity contribution < 1.29 is 14.3 Å². The van der Waals surface area contributed by atoms with Crippen molar-refractivity contribution in [3.05, 3.63) is 52.8 Å². The van der Waals surface area contributed by atoms with E-state index in [0.29, 0.717) is 40.7 Å². The molecule has 0 radical (unpaired) electrons. The number of anilines is 1. The molecule has 1 aromatic carbocycles. The van der Waals surface area contributed by atoms with Crippen LogP contribution in [0.15, 0.2) is 42.7 Å². The van der Waals surface area contributed by atoms with Crippen LogP contribution < -0.4 is 15.4 Å². The number of nitrogens with one attached hydrogen (secondary N) is 2. The van der Waals surface area contributed by atoms with E-state index in [9.17, 15) is 9.59 Å². The first-order chi connectivity index (χ1) is 12.9. The van der Waals surface area contributed by atoms with E-state index in [-0.39, 0.29) is 29.4 Å². The molecule has 0 saturated heterocycles. The Morgan fingerprint density at radius 3 is 2.59 bits per heavy atom. The number of hydrogen-bond acceptors (Lipinski definition) is 4. The van der Waals surface area contributed by atoms with Crippen molar-refractivity contribution in [2.75, 3.05) is 11.9 Å². The van der Waals surface area contributed by atoms with Crippen molar-refractivity contribution in [2.24, 2.45) is 5.41 Å². The Balaban J connectivity index is 1.25. The Morgan fingerprint density at radius 2 is 1.93 bits per heavy atom. The van der Waals surface area contributed by atoms with Gasteiger partial charge in [-0.1, -0.05) is 23.2 Å². The van der Waals surface area contributed by atoms with Gasteiger partial charge >= 0.3 is 0 Å². The molecule has 2 amide bonds. The molecule has 0 atom stereocenters. The lowest BCUT2D eigenvalue weighted by molar-refractivity contribution is -0.179. The van der Waals surface area contributed by atoms with Crippen LogP contribution in [0, 0.1) is 5.41 Å². The van der Waals surface area contributed by atoms with Gasteiger partial charge in [-0.15, -0.1) is 0 Å². The summed E-state index contributed by atoms with van der Waals surface area (Å²) in [4.78, 5) is 28.6. The maximum absolute atomic E-state index is 12.5. The van der Waals surface area contributed by atoms with Gasteiger partial charge in [0.1, 0.15) is 5.75 Å². The summed E-state index contributed by atoms with van der Waals surface area (Å²) < 4.78 is 5.45. The van der Waals surface area contributed by atoms with Crippen LogP contribution in [0.5, 0.6) is 5.75 Å². The number of carbonyl (C=O) groups excluding carboxylic acids is 2. The number of halogens is 2.